The average Bonchev–Trinajstić information content (AvgIpc) is 2.16. The van der Waals surface area contributed by atoms with Gasteiger partial charge >= 0.3 is 0 Å². The van der Waals surface area contributed by atoms with E-state index in [1.807, 2.05) is 12.1 Å². The van der Waals surface area contributed by atoms with Crippen molar-refractivity contribution in [2.45, 2.75) is 38.8 Å². The number of rotatable bonds is 3. The molecule has 15 heavy (non-hydrogen) atoms. The Hall–Kier alpha value is -0.930. The molecule has 1 rings (SSSR count). The van der Waals surface area contributed by atoms with Crippen molar-refractivity contribution in [3.63, 3.8) is 0 Å². The van der Waals surface area contributed by atoms with Gasteiger partial charge in [0.1, 0.15) is 5.60 Å². The number of hydrogen-bond acceptors (Lipinski definition) is 3. The second-order valence-corrected chi connectivity index (χ2v) is 5.12. The number of nitrogens with one attached hydrogen (secondary N) is 1. The zero-order chi connectivity index (χ0) is 11.5. The maximum Gasteiger partial charge on any atom is 0.101 e. The molecule has 1 heterocycles. The van der Waals surface area contributed by atoms with Gasteiger partial charge in [-0.05, 0) is 33.8 Å². The Morgan fingerprint density at radius 3 is 2.47 bits per heavy atom. The number of aromatic nitrogens is 1. The van der Waals surface area contributed by atoms with E-state index < -0.39 is 5.60 Å². The number of hydrogen-bond donors (Lipinski definition) is 2. The third-order valence-electron chi connectivity index (χ3n) is 2.25. The molecule has 2 N–H and O–H groups in total. The fourth-order valence-corrected chi connectivity index (χ4v) is 1.22. The minimum Gasteiger partial charge on any atom is -0.384 e. The van der Waals surface area contributed by atoms with Gasteiger partial charge in [0, 0.05) is 30.0 Å². The summed E-state index contributed by atoms with van der Waals surface area (Å²) in [6.45, 7) is 8.54. The van der Waals surface area contributed by atoms with Crippen LogP contribution in [0.25, 0.3) is 0 Å². The molecule has 1 unspecified atom stereocenters. The zero-order valence-electron chi connectivity index (χ0n) is 9.91. The summed E-state index contributed by atoms with van der Waals surface area (Å²) in [4.78, 5) is 4.01. The van der Waals surface area contributed by atoms with Crippen molar-refractivity contribution in [1.29, 1.82) is 0 Å². The predicted molar refractivity (Wildman–Crippen MR) is 61.6 cm³/mol. The Bertz CT molecular complexity index is 301. The van der Waals surface area contributed by atoms with Crippen molar-refractivity contribution in [1.82, 2.24) is 10.3 Å². The minimum atomic E-state index is -0.873. The van der Waals surface area contributed by atoms with E-state index in [-0.39, 0.29) is 5.54 Å². The summed E-state index contributed by atoms with van der Waals surface area (Å²) >= 11 is 0. The fourth-order valence-electron chi connectivity index (χ4n) is 1.22. The molecule has 84 valence electrons. The fraction of sp³-hybridized carbons (Fsp3) is 0.583. The van der Waals surface area contributed by atoms with E-state index in [9.17, 15) is 5.11 Å². The molecule has 3 nitrogen and oxygen atoms in total. The number of β-amino-alcohol motifs (C(OH)–C–C–N with tert-alkyl or cyclic N) is 1. The van der Waals surface area contributed by atoms with Crippen molar-refractivity contribution in [3.05, 3.63) is 30.1 Å². The van der Waals surface area contributed by atoms with E-state index >= 15 is 0 Å². The molecule has 0 fully saturated rings. The Morgan fingerprint density at radius 1 is 1.33 bits per heavy atom. The van der Waals surface area contributed by atoms with E-state index in [1.54, 1.807) is 19.3 Å². The third kappa shape index (κ3) is 3.98. The maximum absolute atomic E-state index is 10.2. The molecule has 1 aromatic heterocycles. The molecule has 0 aliphatic rings. The largest absolute Gasteiger partial charge is 0.384 e. The van der Waals surface area contributed by atoms with Gasteiger partial charge in [-0.15, -0.1) is 0 Å². The van der Waals surface area contributed by atoms with Gasteiger partial charge in [0.25, 0.3) is 0 Å². The first-order valence-electron chi connectivity index (χ1n) is 5.19. The van der Waals surface area contributed by atoms with Crippen LogP contribution in [0.2, 0.25) is 0 Å². The van der Waals surface area contributed by atoms with Crippen LogP contribution in [0.5, 0.6) is 0 Å². The monoisotopic (exact) mass is 208 g/mol. The predicted octanol–water partition coefficient (Wildman–Crippen LogP) is 1.68. The molecule has 1 atom stereocenters. The third-order valence-corrected chi connectivity index (χ3v) is 2.25. The van der Waals surface area contributed by atoms with E-state index in [0.29, 0.717) is 6.54 Å². The maximum atomic E-state index is 10.2. The van der Waals surface area contributed by atoms with Gasteiger partial charge in [0.05, 0.1) is 0 Å². The summed E-state index contributed by atoms with van der Waals surface area (Å²) in [5.41, 5.74) is -0.0324. The molecule has 1 aromatic rings. The molecule has 0 saturated heterocycles. The van der Waals surface area contributed by atoms with Crippen LogP contribution in [0.15, 0.2) is 24.5 Å². The van der Waals surface area contributed by atoms with Gasteiger partial charge in [0.15, 0.2) is 0 Å². The first kappa shape index (κ1) is 12.1. The van der Waals surface area contributed by atoms with Crippen molar-refractivity contribution < 1.29 is 5.11 Å². The SMILES string of the molecule is CC(C)(C)NCC(C)(O)c1cccnc1. The van der Waals surface area contributed by atoms with Crippen LogP contribution in [-0.2, 0) is 5.60 Å². The summed E-state index contributed by atoms with van der Waals surface area (Å²) in [7, 11) is 0. The topological polar surface area (TPSA) is 45.1 Å². The van der Waals surface area contributed by atoms with Gasteiger partial charge in [-0.2, -0.15) is 0 Å². The second kappa shape index (κ2) is 4.29. The quantitative estimate of drug-likeness (QED) is 0.794. The Kier molecular flexibility index (Phi) is 3.47. The van der Waals surface area contributed by atoms with Crippen molar-refractivity contribution in [3.8, 4) is 0 Å². The van der Waals surface area contributed by atoms with Crippen LogP contribution >= 0.6 is 0 Å². The molecule has 0 bridgehead atoms. The highest BCUT2D eigenvalue weighted by molar-refractivity contribution is 5.17. The lowest BCUT2D eigenvalue weighted by Gasteiger charge is -2.29. The second-order valence-electron chi connectivity index (χ2n) is 5.12. The molecule has 0 spiro atoms. The van der Waals surface area contributed by atoms with Crippen LogP contribution in [0.3, 0.4) is 0 Å². The highest BCUT2D eigenvalue weighted by Crippen LogP contribution is 2.19. The highest BCUT2D eigenvalue weighted by Gasteiger charge is 2.24. The van der Waals surface area contributed by atoms with Crippen LogP contribution in [0, 0.1) is 0 Å². The van der Waals surface area contributed by atoms with Gasteiger partial charge < -0.3 is 10.4 Å². The Morgan fingerprint density at radius 2 is 2.00 bits per heavy atom. The number of aliphatic hydroxyl groups is 1. The number of nitrogens with zero attached hydrogens (tertiary/aromatic N) is 1. The number of pyridine rings is 1. The summed E-state index contributed by atoms with van der Waals surface area (Å²) in [6, 6.07) is 3.72. The van der Waals surface area contributed by atoms with E-state index in [4.69, 9.17) is 0 Å². The molecule has 0 amide bonds. The van der Waals surface area contributed by atoms with Crippen molar-refractivity contribution in [2.75, 3.05) is 6.54 Å². The van der Waals surface area contributed by atoms with Crippen molar-refractivity contribution in [2.24, 2.45) is 0 Å². The van der Waals surface area contributed by atoms with Crippen molar-refractivity contribution >= 4 is 0 Å². The smallest absolute Gasteiger partial charge is 0.101 e. The van der Waals surface area contributed by atoms with Gasteiger partial charge in [0.2, 0.25) is 0 Å². The lowest BCUT2D eigenvalue weighted by Crippen LogP contribution is -2.44. The summed E-state index contributed by atoms with van der Waals surface area (Å²) in [6.07, 6.45) is 3.40. The van der Waals surface area contributed by atoms with Gasteiger partial charge in [-0.25, -0.2) is 0 Å². The summed E-state index contributed by atoms with van der Waals surface area (Å²) in [5, 5.41) is 13.5. The average molecular weight is 208 g/mol. The first-order valence-corrected chi connectivity index (χ1v) is 5.19. The van der Waals surface area contributed by atoms with Crippen LogP contribution in [0.4, 0.5) is 0 Å². The molecular weight excluding hydrogens is 188 g/mol. The van der Waals surface area contributed by atoms with E-state index in [0.717, 1.165) is 5.56 Å². The molecule has 3 heteroatoms. The van der Waals surface area contributed by atoms with E-state index in [1.165, 1.54) is 0 Å². The molecular formula is C12H20N2O. The Balaban J connectivity index is 2.68. The lowest BCUT2D eigenvalue weighted by molar-refractivity contribution is 0.0498. The van der Waals surface area contributed by atoms with Crippen LogP contribution < -0.4 is 5.32 Å². The minimum absolute atomic E-state index is 0.00615. The molecule has 0 saturated carbocycles. The molecule has 0 aliphatic heterocycles. The van der Waals surface area contributed by atoms with Crippen LogP contribution in [0.1, 0.15) is 33.3 Å². The standard InChI is InChI=1S/C12H20N2O/c1-11(2,3)14-9-12(4,15)10-6-5-7-13-8-10/h5-8,14-15H,9H2,1-4H3. The molecule has 0 radical (unpaired) electrons. The molecule has 0 aromatic carbocycles. The summed E-state index contributed by atoms with van der Waals surface area (Å²) < 4.78 is 0. The zero-order valence-corrected chi connectivity index (χ0v) is 9.91. The molecule has 0 aliphatic carbocycles. The first-order chi connectivity index (χ1) is 6.81. The van der Waals surface area contributed by atoms with Gasteiger partial charge in [-0.3, -0.25) is 4.98 Å². The van der Waals surface area contributed by atoms with Gasteiger partial charge in [-0.1, -0.05) is 6.07 Å². The van der Waals surface area contributed by atoms with E-state index in [2.05, 4.69) is 31.1 Å². The van der Waals surface area contributed by atoms with Crippen LogP contribution in [-0.4, -0.2) is 22.2 Å². The lowest BCUT2D eigenvalue weighted by atomic mass is 9.96. The Labute approximate surface area is 91.5 Å². The normalized spacial score (nSPS) is 16.1. The summed E-state index contributed by atoms with van der Waals surface area (Å²) in [5.74, 6) is 0. The highest BCUT2D eigenvalue weighted by atomic mass is 16.3.